The van der Waals surface area contributed by atoms with Crippen LogP contribution in [0.25, 0.3) is 0 Å². The van der Waals surface area contributed by atoms with E-state index in [0.717, 1.165) is 0 Å². The first-order valence-electron chi connectivity index (χ1n) is 9.13. The lowest BCUT2D eigenvalue weighted by molar-refractivity contribution is -0.143. The highest BCUT2D eigenvalue weighted by Crippen LogP contribution is 2.05. The van der Waals surface area contributed by atoms with Crippen LogP contribution in [0.1, 0.15) is 40.5 Å². The minimum absolute atomic E-state index is 0.254. The normalized spacial score (nSPS) is 16.1. The lowest BCUT2D eigenvalue weighted by Gasteiger charge is -2.27. The van der Waals surface area contributed by atoms with Gasteiger partial charge < -0.3 is 37.6 Å². The number of carboxylic acids is 1. The van der Waals surface area contributed by atoms with Crippen molar-refractivity contribution in [1.82, 2.24) is 16.0 Å². The first-order chi connectivity index (χ1) is 13.3. The molecule has 12 heteroatoms. The highest BCUT2D eigenvalue weighted by molar-refractivity contribution is 5.94. The molecule has 12 nitrogen and oxygen atoms in total. The maximum absolute atomic E-state index is 12.6. The van der Waals surface area contributed by atoms with Crippen molar-refractivity contribution in [3.63, 3.8) is 0 Å². The van der Waals surface area contributed by atoms with Gasteiger partial charge in [0, 0.05) is 6.42 Å². The molecule has 166 valence electrons. The molecule has 5 unspecified atom stereocenters. The summed E-state index contributed by atoms with van der Waals surface area (Å²) in [5.41, 5.74) is 10.5. The average Bonchev–Trinajstić information content (AvgIpc) is 2.59. The summed E-state index contributed by atoms with van der Waals surface area (Å²) in [6.07, 6.45) is -1.90. The number of rotatable bonds is 12. The summed E-state index contributed by atoms with van der Waals surface area (Å²) in [6.45, 7) is 5.99. The Labute approximate surface area is 168 Å². The fraction of sp³-hybridized carbons (Fsp3) is 0.706. The zero-order valence-corrected chi connectivity index (χ0v) is 17.0. The van der Waals surface area contributed by atoms with Gasteiger partial charge in [-0.25, -0.2) is 4.79 Å². The molecule has 4 amide bonds. The van der Waals surface area contributed by atoms with Crippen LogP contribution in [0.15, 0.2) is 0 Å². The van der Waals surface area contributed by atoms with Gasteiger partial charge in [-0.1, -0.05) is 13.8 Å². The lowest BCUT2D eigenvalue weighted by Crippen LogP contribution is -2.60. The fourth-order valence-electron chi connectivity index (χ4n) is 2.27. The third kappa shape index (κ3) is 9.34. The van der Waals surface area contributed by atoms with Crippen LogP contribution in [-0.4, -0.2) is 70.1 Å². The number of aliphatic hydroxyl groups is 1. The molecule has 0 aliphatic rings. The highest BCUT2D eigenvalue weighted by atomic mass is 16.4. The van der Waals surface area contributed by atoms with E-state index in [0.29, 0.717) is 0 Å². The third-order valence-corrected chi connectivity index (χ3v) is 4.02. The molecule has 0 saturated heterocycles. The van der Waals surface area contributed by atoms with E-state index in [9.17, 15) is 34.2 Å². The third-order valence-electron chi connectivity index (χ3n) is 4.02. The zero-order chi connectivity index (χ0) is 22.9. The number of primary amides is 1. The van der Waals surface area contributed by atoms with Crippen molar-refractivity contribution < 1.29 is 34.2 Å². The van der Waals surface area contributed by atoms with E-state index in [2.05, 4.69) is 16.0 Å². The molecule has 5 atom stereocenters. The van der Waals surface area contributed by atoms with Gasteiger partial charge in [-0.05, 0) is 26.2 Å². The summed E-state index contributed by atoms with van der Waals surface area (Å²) in [4.78, 5) is 58.9. The number of nitrogens with two attached hydrogens (primary N) is 2. The monoisotopic (exact) mass is 417 g/mol. The van der Waals surface area contributed by atoms with Crippen LogP contribution >= 0.6 is 0 Å². The number of hydrogen-bond acceptors (Lipinski definition) is 7. The maximum Gasteiger partial charge on any atom is 0.326 e. The van der Waals surface area contributed by atoms with Gasteiger partial charge in [0.1, 0.15) is 18.1 Å². The van der Waals surface area contributed by atoms with Crippen molar-refractivity contribution >= 4 is 29.6 Å². The van der Waals surface area contributed by atoms with Crippen molar-refractivity contribution in [2.45, 2.75) is 70.8 Å². The van der Waals surface area contributed by atoms with Gasteiger partial charge in [0.2, 0.25) is 23.6 Å². The van der Waals surface area contributed by atoms with Crippen LogP contribution in [0.3, 0.4) is 0 Å². The Hall–Kier alpha value is -2.73. The van der Waals surface area contributed by atoms with Gasteiger partial charge in [-0.2, -0.15) is 0 Å². The first-order valence-corrected chi connectivity index (χ1v) is 9.13. The van der Waals surface area contributed by atoms with E-state index >= 15 is 0 Å². The van der Waals surface area contributed by atoms with Gasteiger partial charge in [0.15, 0.2) is 0 Å². The number of nitrogens with one attached hydrogen (secondary N) is 3. The predicted molar refractivity (Wildman–Crippen MR) is 102 cm³/mol. The summed E-state index contributed by atoms with van der Waals surface area (Å²) in [7, 11) is 0. The van der Waals surface area contributed by atoms with Gasteiger partial charge >= 0.3 is 5.97 Å². The van der Waals surface area contributed by atoms with E-state index in [1.54, 1.807) is 13.8 Å². The minimum atomic E-state index is -1.49. The largest absolute Gasteiger partial charge is 0.480 e. The molecule has 0 aromatic heterocycles. The van der Waals surface area contributed by atoms with Gasteiger partial charge in [-0.15, -0.1) is 0 Å². The van der Waals surface area contributed by atoms with Crippen molar-refractivity contribution in [3.8, 4) is 0 Å². The number of aliphatic hydroxyl groups excluding tert-OH is 1. The molecule has 0 aliphatic heterocycles. The second-order valence-electron chi connectivity index (χ2n) is 7.15. The van der Waals surface area contributed by atoms with Crippen molar-refractivity contribution in [3.05, 3.63) is 0 Å². The van der Waals surface area contributed by atoms with E-state index in [1.165, 1.54) is 13.8 Å². The summed E-state index contributed by atoms with van der Waals surface area (Å²) in [5.74, 6) is -4.80. The summed E-state index contributed by atoms with van der Waals surface area (Å²) in [5, 5.41) is 26.0. The Morgan fingerprint density at radius 1 is 0.862 bits per heavy atom. The number of carboxylic acid groups (broad SMARTS) is 1. The molecule has 0 aliphatic carbocycles. The Morgan fingerprint density at radius 2 is 1.34 bits per heavy atom. The van der Waals surface area contributed by atoms with Crippen LogP contribution < -0.4 is 27.4 Å². The zero-order valence-electron chi connectivity index (χ0n) is 17.0. The summed E-state index contributed by atoms with van der Waals surface area (Å²) in [6, 6.07) is -4.83. The molecule has 0 radical (unpaired) electrons. The van der Waals surface area contributed by atoms with Crippen molar-refractivity contribution in [2.24, 2.45) is 17.4 Å². The smallest absolute Gasteiger partial charge is 0.326 e. The number of carbonyl (C=O) groups is 5. The van der Waals surface area contributed by atoms with Crippen LogP contribution in [0.5, 0.6) is 0 Å². The predicted octanol–water partition coefficient (Wildman–Crippen LogP) is -2.83. The van der Waals surface area contributed by atoms with Gasteiger partial charge in [-0.3, -0.25) is 19.2 Å². The minimum Gasteiger partial charge on any atom is -0.480 e. The topological polar surface area (TPSA) is 214 Å². The van der Waals surface area contributed by atoms with Gasteiger partial charge in [0.05, 0.1) is 12.1 Å². The van der Waals surface area contributed by atoms with Crippen LogP contribution in [0.4, 0.5) is 0 Å². The molecule has 9 N–H and O–H groups in total. The molecule has 0 heterocycles. The molecule has 29 heavy (non-hydrogen) atoms. The number of hydrogen-bond donors (Lipinski definition) is 7. The van der Waals surface area contributed by atoms with E-state index in [4.69, 9.17) is 11.5 Å². The number of amides is 4. The van der Waals surface area contributed by atoms with Crippen molar-refractivity contribution in [2.75, 3.05) is 0 Å². The Kier molecular flexibility index (Phi) is 10.8. The molecule has 0 spiro atoms. The molecule has 0 aromatic carbocycles. The van der Waals surface area contributed by atoms with Crippen LogP contribution in [0, 0.1) is 5.92 Å². The molecular weight excluding hydrogens is 386 g/mol. The standard InChI is InChI=1S/C17H31N5O7/c1-7(2)12(21-14(25)8(3)18)15(26)22-13(9(4)23)16(27)20-10(17(28)29)5-6-11(19)24/h7-10,12-13,23H,5-6,18H2,1-4H3,(H2,19,24)(H,20,27)(H,21,25)(H,22,26)(H,28,29). The molecule has 0 saturated carbocycles. The van der Waals surface area contributed by atoms with Gasteiger partial charge in [0.25, 0.3) is 0 Å². The Balaban J connectivity index is 5.29. The molecule has 0 rings (SSSR count). The average molecular weight is 417 g/mol. The molecular formula is C17H31N5O7. The quantitative estimate of drug-likeness (QED) is 0.175. The number of aliphatic carboxylic acids is 1. The second kappa shape index (κ2) is 12.0. The Morgan fingerprint density at radius 3 is 1.72 bits per heavy atom. The van der Waals surface area contributed by atoms with Crippen LogP contribution in [0.2, 0.25) is 0 Å². The molecule has 0 aromatic rings. The SMILES string of the molecule is CC(N)C(=O)NC(C(=O)NC(C(=O)NC(CCC(N)=O)C(=O)O)C(C)O)C(C)C. The Bertz CT molecular complexity index is 621. The van der Waals surface area contributed by atoms with E-state index in [-0.39, 0.29) is 18.8 Å². The molecule has 0 bridgehead atoms. The highest BCUT2D eigenvalue weighted by Gasteiger charge is 2.33. The fourth-order valence-corrected chi connectivity index (χ4v) is 2.27. The maximum atomic E-state index is 12.6. The second-order valence-corrected chi connectivity index (χ2v) is 7.15. The lowest BCUT2D eigenvalue weighted by atomic mass is 10.0. The summed E-state index contributed by atoms with van der Waals surface area (Å²) < 4.78 is 0. The number of carbonyl (C=O) groups excluding carboxylic acids is 4. The van der Waals surface area contributed by atoms with Crippen molar-refractivity contribution in [1.29, 1.82) is 0 Å². The molecule has 0 fully saturated rings. The van der Waals surface area contributed by atoms with Crippen LogP contribution in [-0.2, 0) is 24.0 Å². The van der Waals surface area contributed by atoms with E-state index < -0.39 is 59.9 Å². The summed E-state index contributed by atoms with van der Waals surface area (Å²) >= 11 is 0. The van der Waals surface area contributed by atoms with E-state index in [1.807, 2.05) is 0 Å². The first kappa shape index (κ1) is 26.3.